The third-order valence-corrected chi connectivity index (χ3v) is 9.14. The molecule has 1 aromatic carbocycles. The third-order valence-electron chi connectivity index (χ3n) is 8.22. The quantitative estimate of drug-likeness (QED) is 0.451. The van der Waals surface area contributed by atoms with E-state index in [2.05, 4.69) is 93.8 Å². The molecule has 2 nitrogen and oxygen atoms in total. The summed E-state index contributed by atoms with van der Waals surface area (Å²) in [4.78, 5) is 2.72. The first-order chi connectivity index (χ1) is 12.2. The molecule has 5 rings (SSSR count). The average Bonchev–Trinajstić information content (AvgIpc) is 3.21. The van der Waals surface area contributed by atoms with Crippen molar-refractivity contribution in [1.82, 2.24) is 4.57 Å². The van der Waals surface area contributed by atoms with Gasteiger partial charge in [0.25, 0.3) is 0 Å². The van der Waals surface area contributed by atoms with E-state index in [1.54, 1.807) is 5.56 Å². The van der Waals surface area contributed by atoms with Crippen LogP contribution in [0.5, 0.6) is 0 Å². The summed E-state index contributed by atoms with van der Waals surface area (Å²) in [6.45, 7) is 14.7. The Hall–Kier alpha value is -1.74. The van der Waals surface area contributed by atoms with E-state index in [9.17, 15) is 0 Å². The molecule has 2 aromatic heterocycles. The fourth-order valence-corrected chi connectivity index (χ4v) is 7.06. The number of para-hydroxylation sites is 1. The molecule has 26 heavy (non-hydrogen) atoms. The molecule has 0 spiro atoms. The first-order valence-electron chi connectivity index (χ1n) is 9.61. The van der Waals surface area contributed by atoms with Crippen LogP contribution in [0.3, 0.4) is 0 Å². The molecule has 2 aliphatic heterocycles. The van der Waals surface area contributed by atoms with Crippen LogP contribution in [0, 0.1) is 5.41 Å². The van der Waals surface area contributed by atoms with Crippen molar-refractivity contribution in [3.05, 3.63) is 52.5 Å². The number of nitrogens with zero attached hydrogens (tertiary/aromatic N) is 2. The Kier molecular flexibility index (Phi) is 2.88. The predicted octanol–water partition coefficient (Wildman–Crippen LogP) is 6.35. The van der Waals surface area contributed by atoms with E-state index < -0.39 is 0 Å². The molecule has 4 heterocycles. The number of fused-ring (bicyclic) bond motifs is 7. The van der Waals surface area contributed by atoms with E-state index in [4.69, 9.17) is 0 Å². The van der Waals surface area contributed by atoms with Gasteiger partial charge in [-0.25, -0.2) is 0 Å². The van der Waals surface area contributed by atoms with Crippen LogP contribution in [0.25, 0.3) is 10.2 Å². The minimum Gasteiger partial charge on any atom is -0.353 e. The zero-order valence-electron chi connectivity index (χ0n) is 16.8. The summed E-state index contributed by atoms with van der Waals surface area (Å²) < 4.78 is 3.92. The number of benzene rings is 1. The van der Waals surface area contributed by atoms with Crippen molar-refractivity contribution in [2.45, 2.75) is 58.5 Å². The highest BCUT2D eigenvalue weighted by Gasteiger charge is 2.64. The molecule has 0 N–H and O–H groups in total. The molecule has 0 fully saturated rings. The molecule has 3 heteroatoms. The summed E-state index contributed by atoms with van der Waals surface area (Å²) in [5, 5.41) is 2.25. The Morgan fingerprint density at radius 1 is 1.00 bits per heavy atom. The van der Waals surface area contributed by atoms with Gasteiger partial charge in [-0.3, -0.25) is 0 Å². The van der Waals surface area contributed by atoms with Gasteiger partial charge in [0.05, 0.1) is 21.8 Å². The zero-order valence-corrected chi connectivity index (χ0v) is 17.7. The van der Waals surface area contributed by atoms with Gasteiger partial charge in [0.1, 0.15) is 0 Å². The first-order valence-corrected chi connectivity index (χ1v) is 10.5. The number of hydrogen-bond acceptors (Lipinski definition) is 2. The highest BCUT2D eigenvalue weighted by atomic mass is 32.1. The van der Waals surface area contributed by atoms with Crippen molar-refractivity contribution < 1.29 is 0 Å². The van der Waals surface area contributed by atoms with Gasteiger partial charge in [-0.1, -0.05) is 45.9 Å². The van der Waals surface area contributed by atoms with Gasteiger partial charge in [-0.15, -0.1) is 11.3 Å². The van der Waals surface area contributed by atoms with Gasteiger partial charge < -0.3 is 9.47 Å². The molecule has 0 saturated heterocycles. The summed E-state index contributed by atoms with van der Waals surface area (Å²) in [5.74, 6) is 0. The fraction of sp³-hybridized carbons (Fsp3) is 0.478. The molecule has 2 unspecified atom stereocenters. The van der Waals surface area contributed by atoms with Crippen LogP contribution in [0.15, 0.2) is 35.7 Å². The van der Waals surface area contributed by atoms with Crippen LogP contribution in [0.2, 0.25) is 0 Å². The second-order valence-electron chi connectivity index (χ2n) is 9.34. The highest BCUT2D eigenvalue weighted by Crippen LogP contribution is 2.68. The summed E-state index contributed by atoms with van der Waals surface area (Å²) in [5.41, 5.74) is 7.45. The molecule has 2 atom stereocenters. The van der Waals surface area contributed by atoms with Crippen LogP contribution < -0.4 is 4.90 Å². The number of rotatable bonds is 0. The maximum Gasteiger partial charge on any atom is 0.0724 e. The Labute approximate surface area is 160 Å². The predicted molar refractivity (Wildman–Crippen MR) is 112 cm³/mol. The average molecular weight is 365 g/mol. The van der Waals surface area contributed by atoms with E-state index >= 15 is 0 Å². The maximum atomic E-state index is 2.72. The number of hydrogen-bond donors (Lipinski definition) is 0. The normalized spacial score (nSPS) is 28.1. The Morgan fingerprint density at radius 2 is 1.69 bits per heavy atom. The summed E-state index contributed by atoms with van der Waals surface area (Å²) in [7, 11) is 2.25. The SMILES string of the molecule is CC1c2c(c3sccc3n2C)C2(C)N1c1ccccc1C(C)(C)C2(C)C. The third kappa shape index (κ3) is 1.45. The van der Waals surface area contributed by atoms with Crippen molar-refractivity contribution in [2.24, 2.45) is 12.5 Å². The van der Waals surface area contributed by atoms with Gasteiger partial charge >= 0.3 is 0 Å². The summed E-state index contributed by atoms with van der Waals surface area (Å²) in [6, 6.07) is 11.7. The van der Waals surface area contributed by atoms with Gasteiger partial charge in [0, 0.05) is 29.4 Å². The first kappa shape index (κ1) is 16.4. The van der Waals surface area contributed by atoms with Crippen molar-refractivity contribution in [3.63, 3.8) is 0 Å². The van der Waals surface area contributed by atoms with E-state index in [1.165, 1.54) is 27.2 Å². The lowest BCUT2D eigenvalue weighted by Gasteiger charge is -2.62. The molecule has 0 bridgehead atoms. The number of anilines is 1. The molecule has 2 aliphatic rings. The maximum absolute atomic E-state index is 2.72. The molecule has 0 amide bonds. The van der Waals surface area contributed by atoms with Crippen molar-refractivity contribution in [1.29, 1.82) is 0 Å². The molecule has 0 saturated carbocycles. The lowest BCUT2D eigenvalue weighted by atomic mass is 9.51. The van der Waals surface area contributed by atoms with Crippen LogP contribution in [0.4, 0.5) is 5.69 Å². The number of thiophene rings is 1. The van der Waals surface area contributed by atoms with Crippen LogP contribution in [0.1, 0.15) is 64.4 Å². The van der Waals surface area contributed by atoms with Gasteiger partial charge in [0.15, 0.2) is 0 Å². The van der Waals surface area contributed by atoms with E-state index in [0.29, 0.717) is 6.04 Å². The number of aryl methyl sites for hydroxylation is 1. The molecule has 136 valence electrons. The van der Waals surface area contributed by atoms with Crippen molar-refractivity contribution in [2.75, 3.05) is 4.90 Å². The smallest absolute Gasteiger partial charge is 0.0724 e. The molecule has 3 aromatic rings. The minimum absolute atomic E-state index is 0.0377. The number of aromatic nitrogens is 1. The second kappa shape index (κ2) is 4.56. The van der Waals surface area contributed by atoms with Gasteiger partial charge in [0.2, 0.25) is 0 Å². The topological polar surface area (TPSA) is 8.17 Å². The zero-order chi connectivity index (χ0) is 18.6. The molecular weight excluding hydrogens is 336 g/mol. The van der Waals surface area contributed by atoms with Crippen LogP contribution >= 0.6 is 11.3 Å². The Morgan fingerprint density at radius 3 is 2.42 bits per heavy atom. The Balaban J connectivity index is 1.96. The molecular formula is C23H28N2S. The van der Waals surface area contributed by atoms with Gasteiger partial charge in [-0.05, 0) is 42.3 Å². The monoisotopic (exact) mass is 364 g/mol. The fourth-order valence-electron chi connectivity index (χ4n) is 5.98. The van der Waals surface area contributed by atoms with Crippen LogP contribution in [-0.2, 0) is 18.0 Å². The molecule has 0 radical (unpaired) electrons. The van der Waals surface area contributed by atoms with E-state index in [0.717, 1.165) is 0 Å². The molecule has 0 aliphatic carbocycles. The minimum atomic E-state index is -0.0377. The van der Waals surface area contributed by atoms with E-state index in [-0.39, 0.29) is 16.4 Å². The standard InChI is InChI=1S/C23H28N2S/c1-14-19-18(20-17(24(19)7)12-13-26-20)23(6)22(4,5)21(2,3)15-10-8-9-11-16(15)25(14)23/h8-14H,1-7H3. The van der Waals surface area contributed by atoms with Crippen molar-refractivity contribution >= 4 is 27.2 Å². The Bertz CT molecular complexity index is 1050. The van der Waals surface area contributed by atoms with Crippen molar-refractivity contribution in [3.8, 4) is 0 Å². The second-order valence-corrected chi connectivity index (χ2v) is 10.3. The van der Waals surface area contributed by atoms with Crippen LogP contribution in [-0.4, -0.2) is 4.57 Å². The summed E-state index contributed by atoms with van der Waals surface area (Å²) in [6.07, 6.45) is 0. The lowest BCUT2D eigenvalue weighted by molar-refractivity contribution is 0.0663. The summed E-state index contributed by atoms with van der Waals surface area (Å²) >= 11 is 1.90. The lowest BCUT2D eigenvalue weighted by Crippen LogP contribution is -2.61. The van der Waals surface area contributed by atoms with E-state index in [1.807, 2.05) is 11.3 Å². The highest BCUT2D eigenvalue weighted by molar-refractivity contribution is 7.17. The van der Waals surface area contributed by atoms with Gasteiger partial charge in [-0.2, -0.15) is 0 Å². The largest absolute Gasteiger partial charge is 0.353 e.